The van der Waals surface area contributed by atoms with Gasteiger partial charge in [-0.05, 0) is 44.2 Å². The molecule has 1 nitrogen and oxygen atoms in total. The van der Waals surface area contributed by atoms with Gasteiger partial charge in [0, 0.05) is 28.2 Å². The smallest absolute Gasteiger partial charge is 0.0456 e. The third-order valence-corrected chi connectivity index (χ3v) is 2.51. The van der Waals surface area contributed by atoms with Crippen molar-refractivity contribution in [1.29, 1.82) is 0 Å². The van der Waals surface area contributed by atoms with Gasteiger partial charge in [-0.3, -0.25) is 0 Å². The third-order valence-electron chi connectivity index (χ3n) is 2.26. The zero-order valence-corrected chi connectivity index (χ0v) is 8.97. The van der Waals surface area contributed by atoms with Gasteiger partial charge in [-0.2, -0.15) is 0 Å². The van der Waals surface area contributed by atoms with E-state index >= 15 is 0 Å². The van der Waals surface area contributed by atoms with Crippen molar-refractivity contribution in [3.63, 3.8) is 0 Å². The van der Waals surface area contributed by atoms with Crippen LogP contribution in [-0.2, 0) is 0 Å². The van der Waals surface area contributed by atoms with E-state index in [9.17, 15) is 0 Å². The number of aryl methyl sites for hydroxylation is 2. The van der Waals surface area contributed by atoms with E-state index in [2.05, 4.69) is 17.6 Å². The van der Waals surface area contributed by atoms with Crippen LogP contribution in [-0.4, -0.2) is 4.57 Å². The minimum absolute atomic E-state index is 0.764. The number of benzene rings is 1. The van der Waals surface area contributed by atoms with Crippen LogP contribution in [0, 0.1) is 19.9 Å². The van der Waals surface area contributed by atoms with Crippen LogP contribution in [0.25, 0.3) is 5.69 Å². The van der Waals surface area contributed by atoms with Crippen LogP contribution < -0.4 is 0 Å². The second kappa shape index (κ2) is 3.50. The number of hydrogen-bond donors (Lipinski definition) is 0. The number of halogens is 1. The van der Waals surface area contributed by atoms with E-state index in [-0.39, 0.29) is 0 Å². The summed E-state index contributed by atoms with van der Waals surface area (Å²) in [6, 6.07) is 13.0. The Morgan fingerprint density at radius 1 is 1.14 bits per heavy atom. The van der Waals surface area contributed by atoms with Crippen molar-refractivity contribution in [3.8, 4) is 5.69 Å². The summed E-state index contributed by atoms with van der Waals surface area (Å²) < 4.78 is 2.15. The van der Waals surface area contributed by atoms with Crippen LogP contribution in [0.5, 0.6) is 0 Å². The quantitative estimate of drug-likeness (QED) is 0.670. The highest BCUT2D eigenvalue weighted by atomic mass is 35.5. The average Bonchev–Trinajstić information content (AvgIpc) is 2.49. The van der Waals surface area contributed by atoms with Crippen LogP contribution in [0.2, 0.25) is 5.02 Å². The maximum absolute atomic E-state index is 5.84. The zero-order chi connectivity index (χ0) is 10.1. The highest BCUT2D eigenvalue weighted by molar-refractivity contribution is 6.30. The minimum atomic E-state index is 0.764. The molecular formula is C12H11ClN. The summed E-state index contributed by atoms with van der Waals surface area (Å²) in [4.78, 5) is 0. The van der Waals surface area contributed by atoms with E-state index in [0.29, 0.717) is 0 Å². The first kappa shape index (κ1) is 9.35. The molecule has 0 bridgehead atoms. The van der Waals surface area contributed by atoms with Gasteiger partial charge in [-0.15, -0.1) is 0 Å². The predicted molar refractivity (Wildman–Crippen MR) is 59.1 cm³/mol. The lowest BCUT2D eigenvalue weighted by molar-refractivity contribution is 0.965. The molecule has 14 heavy (non-hydrogen) atoms. The van der Waals surface area contributed by atoms with E-state index < -0.39 is 0 Å². The van der Waals surface area contributed by atoms with Crippen LogP contribution in [0.4, 0.5) is 0 Å². The summed E-state index contributed by atoms with van der Waals surface area (Å²) in [5, 5.41) is 0.764. The first-order chi connectivity index (χ1) is 6.68. The van der Waals surface area contributed by atoms with E-state index in [0.717, 1.165) is 16.4 Å². The van der Waals surface area contributed by atoms with Gasteiger partial charge in [0.25, 0.3) is 0 Å². The fourth-order valence-electron chi connectivity index (χ4n) is 1.59. The van der Waals surface area contributed by atoms with Crippen molar-refractivity contribution in [2.24, 2.45) is 0 Å². The molecule has 0 saturated heterocycles. The SMILES string of the molecule is Cc1[c]cc(C)n1-c1ccc(Cl)cc1. The Kier molecular flexibility index (Phi) is 2.34. The second-order valence-electron chi connectivity index (χ2n) is 3.33. The maximum Gasteiger partial charge on any atom is 0.0456 e. The van der Waals surface area contributed by atoms with Gasteiger partial charge in [0.1, 0.15) is 0 Å². The minimum Gasteiger partial charge on any atom is -0.318 e. The molecule has 1 aromatic heterocycles. The van der Waals surface area contributed by atoms with Crippen LogP contribution in [0.1, 0.15) is 11.4 Å². The van der Waals surface area contributed by atoms with Gasteiger partial charge in [0.15, 0.2) is 0 Å². The zero-order valence-electron chi connectivity index (χ0n) is 8.21. The molecule has 71 valence electrons. The summed E-state index contributed by atoms with van der Waals surface area (Å²) >= 11 is 5.84. The molecule has 2 rings (SSSR count). The normalized spacial score (nSPS) is 10.5. The first-order valence-electron chi connectivity index (χ1n) is 4.51. The number of nitrogens with zero attached hydrogens (tertiary/aromatic N) is 1. The van der Waals surface area contributed by atoms with E-state index in [4.69, 9.17) is 11.6 Å². The van der Waals surface area contributed by atoms with E-state index in [1.165, 1.54) is 5.69 Å². The summed E-state index contributed by atoms with van der Waals surface area (Å²) in [6.07, 6.45) is 0. The summed E-state index contributed by atoms with van der Waals surface area (Å²) in [5.74, 6) is 0. The molecule has 1 radical (unpaired) electrons. The lowest BCUT2D eigenvalue weighted by Gasteiger charge is -2.08. The lowest BCUT2D eigenvalue weighted by atomic mass is 10.3. The number of aromatic nitrogens is 1. The molecule has 0 aliphatic rings. The Balaban J connectivity index is 2.54. The molecule has 0 saturated carbocycles. The Hall–Kier alpha value is -1.21. The molecular weight excluding hydrogens is 194 g/mol. The highest BCUT2D eigenvalue weighted by Gasteiger charge is 2.02. The van der Waals surface area contributed by atoms with Crippen LogP contribution in [0.3, 0.4) is 0 Å². The first-order valence-corrected chi connectivity index (χ1v) is 4.89. The van der Waals surface area contributed by atoms with Crippen molar-refractivity contribution in [2.45, 2.75) is 13.8 Å². The van der Waals surface area contributed by atoms with Crippen molar-refractivity contribution >= 4 is 11.6 Å². The van der Waals surface area contributed by atoms with Gasteiger partial charge >= 0.3 is 0 Å². The van der Waals surface area contributed by atoms with Gasteiger partial charge in [-0.25, -0.2) is 0 Å². The van der Waals surface area contributed by atoms with E-state index in [1.54, 1.807) is 0 Å². The molecule has 0 aliphatic carbocycles. The Morgan fingerprint density at radius 3 is 2.29 bits per heavy atom. The number of rotatable bonds is 1. The molecule has 1 heterocycles. The summed E-state index contributed by atoms with van der Waals surface area (Å²) in [6.45, 7) is 4.11. The molecule has 2 aromatic rings. The third kappa shape index (κ3) is 1.55. The van der Waals surface area contributed by atoms with Gasteiger partial charge < -0.3 is 4.57 Å². The van der Waals surface area contributed by atoms with Crippen molar-refractivity contribution in [2.75, 3.05) is 0 Å². The monoisotopic (exact) mass is 204 g/mol. The van der Waals surface area contributed by atoms with Crippen molar-refractivity contribution in [1.82, 2.24) is 4.57 Å². The Bertz CT molecular complexity index is 420. The Morgan fingerprint density at radius 2 is 1.79 bits per heavy atom. The molecule has 0 N–H and O–H groups in total. The van der Waals surface area contributed by atoms with Gasteiger partial charge in [-0.1, -0.05) is 11.6 Å². The molecule has 1 aromatic carbocycles. The van der Waals surface area contributed by atoms with Crippen LogP contribution in [0.15, 0.2) is 30.3 Å². The highest BCUT2D eigenvalue weighted by Crippen LogP contribution is 2.17. The Labute approximate surface area is 88.9 Å². The molecule has 0 unspecified atom stereocenters. The van der Waals surface area contributed by atoms with Crippen molar-refractivity contribution < 1.29 is 0 Å². The molecule has 0 atom stereocenters. The average molecular weight is 205 g/mol. The maximum atomic E-state index is 5.84. The van der Waals surface area contributed by atoms with E-state index in [1.807, 2.05) is 37.3 Å². The van der Waals surface area contributed by atoms with Crippen molar-refractivity contribution in [3.05, 3.63) is 52.8 Å². The predicted octanol–water partition coefficient (Wildman–Crippen LogP) is 3.55. The molecule has 2 heteroatoms. The second-order valence-corrected chi connectivity index (χ2v) is 3.76. The summed E-state index contributed by atoms with van der Waals surface area (Å²) in [5.41, 5.74) is 3.43. The largest absolute Gasteiger partial charge is 0.318 e. The fourth-order valence-corrected chi connectivity index (χ4v) is 1.72. The van der Waals surface area contributed by atoms with Gasteiger partial charge in [0.05, 0.1) is 0 Å². The van der Waals surface area contributed by atoms with Gasteiger partial charge in [0.2, 0.25) is 0 Å². The topological polar surface area (TPSA) is 4.93 Å². The molecule has 0 fully saturated rings. The fraction of sp³-hybridized carbons (Fsp3) is 0.167. The van der Waals surface area contributed by atoms with Crippen LogP contribution >= 0.6 is 11.6 Å². The number of hydrogen-bond acceptors (Lipinski definition) is 0. The lowest BCUT2D eigenvalue weighted by Crippen LogP contribution is -1.97. The standard InChI is InChI=1S/C12H11ClN/c1-9-3-4-10(2)14(9)12-7-5-11(13)6-8-12/h3,5-8H,1-2H3. The summed E-state index contributed by atoms with van der Waals surface area (Å²) in [7, 11) is 0. The molecule has 0 spiro atoms. The molecule has 0 aliphatic heterocycles. The molecule has 0 amide bonds.